The standard InChI is InChI=1S/2C27H29FN4O4S.C4H4O4/c2*1-37(35,36)30-24-10-6-22(7-11-24)27(34)32(25-3-2-14-29-19-25)18-17-31-15-12-21(13-16-31)26(33)20-4-8-23(28)9-5-20;5-3(6)1-2-4(7)8/h2*2-11,14,19,21,30H,12-13,15-18H2,1H3;1-2H,(H,5,6)(H,7,8)/b;;2-1+. The van der Waals surface area contributed by atoms with E-state index in [1.165, 1.54) is 48.5 Å². The summed E-state index contributed by atoms with van der Waals surface area (Å²) < 4.78 is 77.0. The molecule has 2 amide bonds. The second-order valence-electron chi connectivity index (χ2n) is 19.2. The number of anilines is 4. The van der Waals surface area contributed by atoms with E-state index in [4.69, 9.17) is 10.2 Å². The van der Waals surface area contributed by atoms with Gasteiger partial charge in [0.2, 0.25) is 20.0 Å². The number of nitrogens with zero attached hydrogens (tertiary/aromatic N) is 6. The summed E-state index contributed by atoms with van der Waals surface area (Å²) in [5.41, 5.74) is 3.99. The van der Waals surface area contributed by atoms with Crippen molar-refractivity contribution >= 4 is 78.1 Å². The minimum Gasteiger partial charge on any atom is -0.478 e. The molecule has 2 aliphatic rings. The molecule has 4 heterocycles. The molecule has 82 heavy (non-hydrogen) atoms. The minimum atomic E-state index is -3.41. The number of hydrogen-bond donors (Lipinski definition) is 4. The van der Waals surface area contributed by atoms with Gasteiger partial charge in [-0.15, -0.1) is 0 Å². The summed E-state index contributed by atoms with van der Waals surface area (Å²) in [6, 6.07) is 31.1. The first-order valence-electron chi connectivity index (χ1n) is 25.8. The summed E-state index contributed by atoms with van der Waals surface area (Å²) in [6.07, 6.45) is 12.6. The van der Waals surface area contributed by atoms with Crippen LogP contribution in [0, 0.1) is 23.5 Å². The van der Waals surface area contributed by atoms with Gasteiger partial charge in [-0.25, -0.2) is 35.2 Å². The van der Waals surface area contributed by atoms with Crippen LogP contribution in [0.2, 0.25) is 0 Å². The molecule has 8 rings (SSSR count). The molecule has 0 spiro atoms. The van der Waals surface area contributed by atoms with Gasteiger partial charge in [-0.05, 0) is 173 Å². The highest BCUT2D eigenvalue weighted by molar-refractivity contribution is 7.92. The Kier molecular flexibility index (Phi) is 22.7. The first kappa shape index (κ1) is 62.6. The average Bonchev–Trinajstić information content (AvgIpc) is 3.54. The zero-order chi connectivity index (χ0) is 59.4. The Hall–Kier alpha value is -8.58. The zero-order valence-electron chi connectivity index (χ0n) is 44.9. The van der Waals surface area contributed by atoms with Crippen LogP contribution in [0.1, 0.15) is 67.1 Å². The molecule has 4 N–H and O–H groups in total. The predicted molar refractivity (Wildman–Crippen MR) is 306 cm³/mol. The Morgan fingerprint density at radius 1 is 0.524 bits per heavy atom. The Morgan fingerprint density at radius 3 is 1.12 bits per heavy atom. The quantitative estimate of drug-likeness (QED) is 0.0429. The van der Waals surface area contributed by atoms with Gasteiger partial charge in [-0.2, -0.15) is 0 Å². The van der Waals surface area contributed by atoms with Crippen LogP contribution >= 0.6 is 0 Å². The van der Waals surface area contributed by atoms with Crippen molar-refractivity contribution in [2.24, 2.45) is 11.8 Å². The summed E-state index contributed by atoms with van der Waals surface area (Å²) >= 11 is 0. The molecule has 0 radical (unpaired) electrons. The van der Waals surface area contributed by atoms with Crippen molar-refractivity contribution in [3.8, 4) is 0 Å². The van der Waals surface area contributed by atoms with Crippen molar-refractivity contribution in [3.63, 3.8) is 0 Å². The van der Waals surface area contributed by atoms with E-state index in [-0.39, 0.29) is 46.9 Å². The lowest BCUT2D eigenvalue weighted by atomic mass is 9.89. The van der Waals surface area contributed by atoms with Gasteiger partial charge in [-0.3, -0.25) is 38.6 Å². The maximum atomic E-state index is 13.4. The number of carbonyl (C=O) groups excluding carboxylic acids is 4. The summed E-state index contributed by atoms with van der Waals surface area (Å²) in [4.78, 5) is 87.5. The molecule has 4 aromatic carbocycles. The topological polar surface area (TPSA) is 274 Å². The van der Waals surface area contributed by atoms with Crippen molar-refractivity contribution in [1.29, 1.82) is 0 Å². The van der Waals surface area contributed by atoms with E-state index in [1.54, 1.807) is 95.3 Å². The van der Waals surface area contributed by atoms with Gasteiger partial charge < -0.3 is 29.8 Å². The van der Waals surface area contributed by atoms with Gasteiger partial charge in [0.25, 0.3) is 11.8 Å². The molecule has 432 valence electrons. The number of piperidine rings is 2. The molecule has 2 aliphatic heterocycles. The van der Waals surface area contributed by atoms with Gasteiger partial charge in [0, 0.05) is 96.2 Å². The Morgan fingerprint density at radius 2 is 0.841 bits per heavy atom. The van der Waals surface area contributed by atoms with Crippen LogP contribution in [-0.2, 0) is 29.6 Å². The molecule has 24 heteroatoms. The monoisotopic (exact) mass is 1160 g/mol. The fourth-order valence-corrected chi connectivity index (χ4v) is 10.1. The van der Waals surface area contributed by atoms with Crippen LogP contribution in [0.3, 0.4) is 0 Å². The highest BCUT2D eigenvalue weighted by Gasteiger charge is 2.29. The smallest absolute Gasteiger partial charge is 0.328 e. The third-order valence-electron chi connectivity index (χ3n) is 13.1. The molecular weight excluding hydrogens is 1100 g/mol. The van der Waals surface area contributed by atoms with Crippen LogP contribution in [0.15, 0.2) is 158 Å². The number of Topliss-reactive ketones (excluding diaryl/α,β-unsaturated/α-hetero) is 2. The summed E-state index contributed by atoms with van der Waals surface area (Å²) in [6.45, 7) is 4.96. The number of carbonyl (C=O) groups is 6. The number of aliphatic carboxylic acids is 2. The van der Waals surface area contributed by atoms with Crippen molar-refractivity contribution in [2.45, 2.75) is 25.7 Å². The van der Waals surface area contributed by atoms with Crippen molar-refractivity contribution in [1.82, 2.24) is 19.8 Å². The number of nitrogens with one attached hydrogen (secondary N) is 2. The largest absolute Gasteiger partial charge is 0.478 e. The van der Waals surface area contributed by atoms with Crippen molar-refractivity contribution < 1.29 is 64.6 Å². The van der Waals surface area contributed by atoms with Gasteiger partial charge in [0.05, 0.1) is 36.3 Å². The molecule has 20 nitrogen and oxygen atoms in total. The maximum absolute atomic E-state index is 13.4. The number of amides is 2. The Bertz CT molecular complexity index is 3160. The van der Waals surface area contributed by atoms with Gasteiger partial charge in [-0.1, -0.05) is 0 Å². The number of carboxylic acid groups (broad SMARTS) is 2. The van der Waals surface area contributed by atoms with E-state index in [0.29, 0.717) is 109 Å². The molecule has 0 aliphatic carbocycles. The number of hydrogen-bond acceptors (Lipinski definition) is 14. The molecule has 0 unspecified atom stereocenters. The number of likely N-dealkylation sites (tertiary alicyclic amines) is 2. The number of ketones is 2. The minimum absolute atomic E-state index is 0.0422. The lowest BCUT2D eigenvalue weighted by molar-refractivity contribution is -0.134. The van der Waals surface area contributed by atoms with Crippen LogP contribution in [0.5, 0.6) is 0 Å². The van der Waals surface area contributed by atoms with Gasteiger partial charge in [0.1, 0.15) is 11.6 Å². The lowest BCUT2D eigenvalue weighted by Crippen LogP contribution is -2.43. The molecule has 2 aromatic heterocycles. The number of sulfonamides is 2. The number of carboxylic acids is 2. The molecule has 2 saturated heterocycles. The summed E-state index contributed by atoms with van der Waals surface area (Å²) in [5.74, 6) is -3.79. The van der Waals surface area contributed by atoms with Gasteiger partial charge >= 0.3 is 11.9 Å². The van der Waals surface area contributed by atoms with E-state index < -0.39 is 32.0 Å². The van der Waals surface area contributed by atoms with E-state index in [1.807, 2.05) is 12.1 Å². The van der Waals surface area contributed by atoms with Crippen LogP contribution in [0.25, 0.3) is 0 Å². The lowest BCUT2D eigenvalue weighted by Gasteiger charge is -2.33. The van der Waals surface area contributed by atoms with Crippen LogP contribution in [0.4, 0.5) is 31.5 Å². The first-order chi connectivity index (χ1) is 39.0. The fourth-order valence-electron chi connectivity index (χ4n) is 8.99. The molecule has 6 aromatic rings. The number of halogens is 2. The van der Waals surface area contributed by atoms with E-state index in [2.05, 4.69) is 29.2 Å². The SMILES string of the molecule is CS(=O)(=O)Nc1ccc(C(=O)N(CCN2CCC(C(=O)c3ccc(F)cc3)CC2)c2cccnc2)cc1.CS(=O)(=O)Nc1ccc(C(=O)N(CCN2CCC(C(=O)c3ccc(F)cc3)CC2)c2cccnc2)cc1.O=C(O)/C=C/C(=O)O. The third-order valence-corrected chi connectivity index (χ3v) is 14.3. The van der Waals surface area contributed by atoms with Crippen LogP contribution in [-0.4, -0.2) is 147 Å². The normalized spacial score (nSPS) is 14.2. The molecule has 0 saturated carbocycles. The van der Waals surface area contributed by atoms with Gasteiger partial charge in [0.15, 0.2) is 11.6 Å². The molecule has 0 bridgehead atoms. The Labute approximate surface area is 474 Å². The Balaban J connectivity index is 0.000000233. The predicted octanol–water partition coefficient (Wildman–Crippen LogP) is 7.38. The molecule has 2 fully saturated rings. The number of rotatable bonds is 20. The second-order valence-corrected chi connectivity index (χ2v) is 22.7. The average molecular weight is 1170 g/mol. The summed E-state index contributed by atoms with van der Waals surface area (Å²) in [5, 5.41) is 15.6. The van der Waals surface area contributed by atoms with E-state index in [9.17, 15) is 54.4 Å². The molecule has 0 atom stereocenters. The highest BCUT2D eigenvalue weighted by atomic mass is 32.2. The van der Waals surface area contributed by atoms with E-state index >= 15 is 0 Å². The number of pyridine rings is 2. The zero-order valence-corrected chi connectivity index (χ0v) is 46.5. The molecular formula is C58H62F2N8O12S2. The third kappa shape index (κ3) is 20.2. The second kappa shape index (κ2) is 29.8. The number of aromatic nitrogens is 2. The van der Waals surface area contributed by atoms with Crippen molar-refractivity contribution in [2.75, 3.05) is 84.1 Å². The maximum Gasteiger partial charge on any atom is 0.328 e. The fraction of sp³-hybridized carbons (Fsp3) is 0.276. The summed E-state index contributed by atoms with van der Waals surface area (Å²) in [7, 11) is -6.83. The first-order valence-corrected chi connectivity index (χ1v) is 29.6. The van der Waals surface area contributed by atoms with E-state index in [0.717, 1.165) is 38.7 Å². The number of benzene rings is 4. The highest BCUT2D eigenvalue weighted by Crippen LogP contribution is 2.26. The van der Waals surface area contributed by atoms with Crippen molar-refractivity contribution in [3.05, 3.63) is 192 Å². The van der Waals surface area contributed by atoms with Crippen LogP contribution < -0.4 is 19.2 Å².